The summed E-state index contributed by atoms with van der Waals surface area (Å²) in [5, 5.41) is 0. The van der Waals surface area contributed by atoms with Gasteiger partial charge in [-0.15, -0.1) is 0 Å². The molecule has 1 aliphatic carbocycles. The van der Waals surface area contributed by atoms with E-state index in [9.17, 15) is 4.39 Å². The van der Waals surface area contributed by atoms with Crippen molar-refractivity contribution in [3.05, 3.63) is 35.1 Å². The van der Waals surface area contributed by atoms with Gasteiger partial charge in [-0.1, -0.05) is 18.9 Å². The summed E-state index contributed by atoms with van der Waals surface area (Å²) in [6.07, 6.45) is 5.13. The Hall–Kier alpha value is -0.970. The van der Waals surface area contributed by atoms with Gasteiger partial charge < -0.3 is 10.5 Å². The van der Waals surface area contributed by atoms with Crippen molar-refractivity contribution >= 4 is 0 Å². The number of nitrogens with zero attached hydrogens (tertiary/aromatic N) is 1. The van der Waals surface area contributed by atoms with E-state index in [1.165, 1.54) is 18.9 Å². The number of halogens is 1. The van der Waals surface area contributed by atoms with Crippen LogP contribution in [0, 0.1) is 12.7 Å². The van der Waals surface area contributed by atoms with Crippen LogP contribution < -0.4 is 5.73 Å². The van der Waals surface area contributed by atoms with E-state index < -0.39 is 0 Å². The minimum atomic E-state index is -0.178. The van der Waals surface area contributed by atoms with E-state index >= 15 is 0 Å². The fourth-order valence-electron chi connectivity index (χ4n) is 3.92. The molecule has 4 heteroatoms. The zero-order valence-electron chi connectivity index (χ0n) is 12.7. The first-order valence-corrected chi connectivity index (χ1v) is 8.04. The van der Waals surface area contributed by atoms with Gasteiger partial charge >= 0.3 is 0 Å². The highest BCUT2D eigenvalue weighted by Crippen LogP contribution is 2.34. The molecule has 0 amide bonds. The molecule has 2 fully saturated rings. The largest absolute Gasteiger partial charge is 0.375 e. The maximum Gasteiger partial charge on any atom is 0.123 e. The first-order chi connectivity index (χ1) is 10.2. The van der Waals surface area contributed by atoms with E-state index in [0.717, 1.165) is 37.1 Å². The first kappa shape index (κ1) is 14.9. The molecule has 1 saturated carbocycles. The molecule has 3 nitrogen and oxygen atoms in total. The van der Waals surface area contributed by atoms with Gasteiger partial charge in [0.05, 0.1) is 12.7 Å². The molecule has 0 radical (unpaired) electrons. The molecule has 3 rings (SSSR count). The number of benzene rings is 1. The summed E-state index contributed by atoms with van der Waals surface area (Å²) >= 11 is 0. The van der Waals surface area contributed by atoms with Gasteiger partial charge in [-0.2, -0.15) is 0 Å². The number of hydrogen-bond acceptors (Lipinski definition) is 3. The van der Waals surface area contributed by atoms with Crippen LogP contribution in [0.25, 0.3) is 0 Å². The van der Waals surface area contributed by atoms with Crippen LogP contribution in [0.4, 0.5) is 4.39 Å². The van der Waals surface area contributed by atoms with E-state index in [0.29, 0.717) is 18.7 Å². The number of rotatable bonds is 3. The summed E-state index contributed by atoms with van der Waals surface area (Å²) in [6, 6.07) is 5.56. The Balaban J connectivity index is 1.89. The lowest BCUT2D eigenvalue weighted by Gasteiger charge is -2.47. The highest BCUT2D eigenvalue weighted by Gasteiger charge is 2.37. The van der Waals surface area contributed by atoms with Crippen LogP contribution >= 0.6 is 0 Å². The summed E-state index contributed by atoms with van der Waals surface area (Å²) < 4.78 is 19.6. The Morgan fingerprint density at radius 1 is 1.38 bits per heavy atom. The van der Waals surface area contributed by atoms with Crippen LogP contribution in [0.3, 0.4) is 0 Å². The van der Waals surface area contributed by atoms with Crippen molar-refractivity contribution in [3.8, 4) is 0 Å². The monoisotopic (exact) mass is 292 g/mol. The molecule has 0 aromatic heterocycles. The minimum absolute atomic E-state index is 0.0928. The van der Waals surface area contributed by atoms with Gasteiger partial charge in [0.2, 0.25) is 0 Å². The molecule has 1 saturated heterocycles. The van der Waals surface area contributed by atoms with Crippen molar-refractivity contribution in [1.29, 1.82) is 0 Å². The standard InChI is InChI=1S/C17H25FN2O/c1-12-6-7-13(18)10-14(12)16(11-19)20-8-9-21-17-5-3-2-4-15(17)20/h6-7,10,15-17H,2-5,8-9,11,19H2,1H3. The summed E-state index contributed by atoms with van der Waals surface area (Å²) in [4.78, 5) is 2.47. The molecule has 3 unspecified atom stereocenters. The summed E-state index contributed by atoms with van der Waals surface area (Å²) in [5.74, 6) is -0.178. The molecule has 1 aromatic carbocycles. The number of aryl methyl sites for hydroxylation is 1. The van der Waals surface area contributed by atoms with Crippen molar-refractivity contribution in [1.82, 2.24) is 4.90 Å². The van der Waals surface area contributed by atoms with Crippen LogP contribution in [-0.2, 0) is 4.74 Å². The second-order valence-corrected chi connectivity index (χ2v) is 6.25. The van der Waals surface area contributed by atoms with Gasteiger partial charge in [-0.3, -0.25) is 4.90 Å². The molecule has 1 aliphatic heterocycles. The van der Waals surface area contributed by atoms with E-state index in [2.05, 4.69) is 4.90 Å². The molecule has 21 heavy (non-hydrogen) atoms. The quantitative estimate of drug-likeness (QED) is 0.931. The average molecular weight is 292 g/mol. The average Bonchev–Trinajstić information content (AvgIpc) is 2.51. The maximum absolute atomic E-state index is 13.7. The zero-order chi connectivity index (χ0) is 14.8. The lowest BCUT2D eigenvalue weighted by Crippen LogP contribution is -2.55. The van der Waals surface area contributed by atoms with Crippen molar-refractivity contribution in [2.75, 3.05) is 19.7 Å². The molecule has 1 heterocycles. The Kier molecular flexibility index (Phi) is 4.57. The normalized spacial score (nSPS) is 28.1. The predicted molar refractivity (Wildman–Crippen MR) is 81.6 cm³/mol. The molecular formula is C17H25FN2O. The van der Waals surface area contributed by atoms with Crippen molar-refractivity contribution in [3.63, 3.8) is 0 Å². The lowest BCUT2D eigenvalue weighted by molar-refractivity contribution is -0.102. The van der Waals surface area contributed by atoms with Gasteiger partial charge in [0, 0.05) is 25.2 Å². The van der Waals surface area contributed by atoms with Crippen LogP contribution in [-0.4, -0.2) is 36.7 Å². The number of hydrogen-bond donors (Lipinski definition) is 1. The first-order valence-electron chi connectivity index (χ1n) is 8.04. The SMILES string of the molecule is Cc1ccc(F)cc1C(CN)N1CCOC2CCCCC21. The third-order valence-electron chi connectivity index (χ3n) is 5.00. The fourth-order valence-corrected chi connectivity index (χ4v) is 3.92. The van der Waals surface area contributed by atoms with Gasteiger partial charge in [0.15, 0.2) is 0 Å². The number of ether oxygens (including phenoxy) is 1. The van der Waals surface area contributed by atoms with E-state index in [4.69, 9.17) is 10.5 Å². The Morgan fingerprint density at radius 3 is 3.00 bits per heavy atom. The Labute approximate surface area is 126 Å². The molecular weight excluding hydrogens is 267 g/mol. The van der Waals surface area contributed by atoms with Crippen LogP contribution in [0.5, 0.6) is 0 Å². The van der Waals surface area contributed by atoms with E-state index in [1.807, 2.05) is 13.0 Å². The molecule has 0 bridgehead atoms. The lowest BCUT2D eigenvalue weighted by atomic mass is 9.87. The third kappa shape index (κ3) is 2.98. The number of morpholine rings is 1. The molecule has 1 aromatic rings. The molecule has 116 valence electrons. The third-order valence-corrected chi connectivity index (χ3v) is 5.00. The molecule has 0 spiro atoms. The smallest absolute Gasteiger partial charge is 0.123 e. The van der Waals surface area contributed by atoms with Gasteiger partial charge in [-0.05, 0) is 43.0 Å². The summed E-state index contributed by atoms with van der Waals surface area (Å²) in [6.45, 7) is 4.20. The van der Waals surface area contributed by atoms with Crippen molar-refractivity contribution in [2.45, 2.75) is 50.8 Å². The van der Waals surface area contributed by atoms with Crippen LogP contribution in [0.2, 0.25) is 0 Å². The summed E-state index contributed by atoms with van der Waals surface area (Å²) in [5.41, 5.74) is 8.22. The van der Waals surface area contributed by atoms with Crippen molar-refractivity contribution < 1.29 is 9.13 Å². The van der Waals surface area contributed by atoms with Gasteiger partial charge in [-0.25, -0.2) is 4.39 Å². The molecule has 2 aliphatic rings. The van der Waals surface area contributed by atoms with Crippen molar-refractivity contribution in [2.24, 2.45) is 5.73 Å². The van der Waals surface area contributed by atoms with Crippen LogP contribution in [0.1, 0.15) is 42.9 Å². The Bertz CT molecular complexity index is 492. The fraction of sp³-hybridized carbons (Fsp3) is 0.647. The summed E-state index contributed by atoms with van der Waals surface area (Å²) in [7, 11) is 0. The highest BCUT2D eigenvalue weighted by atomic mass is 19.1. The van der Waals surface area contributed by atoms with Crippen LogP contribution in [0.15, 0.2) is 18.2 Å². The number of fused-ring (bicyclic) bond motifs is 1. The number of nitrogens with two attached hydrogens (primary N) is 1. The minimum Gasteiger partial charge on any atom is -0.375 e. The molecule has 3 atom stereocenters. The maximum atomic E-state index is 13.7. The zero-order valence-corrected chi connectivity index (χ0v) is 12.7. The Morgan fingerprint density at radius 2 is 2.19 bits per heavy atom. The van der Waals surface area contributed by atoms with Gasteiger partial charge in [0.25, 0.3) is 0 Å². The molecule has 2 N–H and O–H groups in total. The van der Waals surface area contributed by atoms with E-state index in [-0.39, 0.29) is 11.9 Å². The predicted octanol–water partition coefficient (Wildman–Crippen LogP) is 2.78. The van der Waals surface area contributed by atoms with E-state index in [1.54, 1.807) is 6.07 Å². The highest BCUT2D eigenvalue weighted by molar-refractivity contribution is 5.30. The second kappa shape index (κ2) is 6.42. The second-order valence-electron chi connectivity index (χ2n) is 6.25. The topological polar surface area (TPSA) is 38.5 Å². The van der Waals surface area contributed by atoms with Gasteiger partial charge in [0.1, 0.15) is 5.82 Å².